The fourth-order valence-electron chi connectivity index (χ4n) is 3.48. The third-order valence-corrected chi connectivity index (χ3v) is 5.21. The average Bonchev–Trinajstić information content (AvgIpc) is 2.88. The van der Waals surface area contributed by atoms with Crippen LogP contribution in [0.4, 0.5) is 23.1 Å². The predicted molar refractivity (Wildman–Crippen MR) is 149 cm³/mol. The highest BCUT2D eigenvalue weighted by Crippen LogP contribution is 2.30. The van der Waals surface area contributed by atoms with Crippen molar-refractivity contribution in [1.29, 1.82) is 0 Å². The molecule has 4 rings (SSSR count). The standard InChI is InChI=1S/C21H27ClN10O.C2H6O.CH4O/c1-13-26-20(29-21(23)27-13)16-8-14(12-32-4-6-33-7-5-32)10-25-19(16)28-15-9-17(30-31(2)3)18(22)24-11-15;1-2-3;1-2/h8-11,30H,4-7,12H2,1-3H3,(H,25,28)(H2,23,26,27,29);3H,2H2,1H3;2H,1H3. The normalized spacial score (nSPS) is 13.2. The van der Waals surface area contributed by atoms with Crippen LogP contribution < -0.4 is 16.5 Å². The van der Waals surface area contributed by atoms with Crippen LogP contribution in [0.15, 0.2) is 24.5 Å². The summed E-state index contributed by atoms with van der Waals surface area (Å²) < 4.78 is 5.45. The SMILES string of the molecule is CCO.CO.Cc1nc(N)nc(-c2cc(CN3CCOCC3)cnc2Nc2cnc(Cl)c(NN(C)C)c2)n1. The number of ether oxygens (including phenoxy) is 1. The minimum absolute atomic E-state index is 0.160. The number of halogens is 1. The van der Waals surface area contributed by atoms with E-state index in [4.69, 9.17) is 32.3 Å². The van der Waals surface area contributed by atoms with Crippen molar-refractivity contribution in [2.75, 3.05) is 70.6 Å². The Bertz CT molecular complexity index is 1130. The summed E-state index contributed by atoms with van der Waals surface area (Å²) in [6.07, 6.45) is 3.49. The molecular weight excluding hydrogens is 512 g/mol. The maximum absolute atomic E-state index is 7.57. The van der Waals surface area contributed by atoms with Gasteiger partial charge in [0.25, 0.3) is 0 Å². The molecule has 208 valence electrons. The van der Waals surface area contributed by atoms with Gasteiger partial charge < -0.3 is 31.4 Å². The van der Waals surface area contributed by atoms with Gasteiger partial charge in [-0.25, -0.2) is 20.0 Å². The van der Waals surface area contributed by atoms with Gasteiger partial charge in [-0.05, 0) is 31.5 Å². The maximum atomic E-state index is 7.57. The van der Waals surface area contributed by atoms with Crippen molar-refractivity contribution < 1.29 is 14.9 Å². The van der Waals surface area contributed by atoms with Crippen molar-refractivity contribution in [2.45, 2.75) is 20.4 Å². The molecule has 38 heavy (non-hydrogen) atoms. The van der Waals surface area contributed by atoms with Crippen LogP contribution in [0.5, 0.6) is 0 Å². The van der Waals surface area contributed by atoms with E-state index >= 15 is 0 Å². The first-order chi connectivity index (χ1) is 18.3. The number of hydrazine groups is 1. The van der Waals surface area contributed by atoms with Gasteiger partial charge in [-0.2, -0.15) is 9.97 Å². The number of aliphatic hydroxyl groups is 2. The average molecular weight is 549 g/mol. The quantitative estimate of drug-likeness (QED) is 0.214. The number of nitrogen functional groups attached to an aromatic ring is 1. The molecule has 1 fully saturated rings. The fraction of sp³-hybridized carbons (Fsp3) is 0.458. The Morgan fingerprint density at radius 2 is 1.79 bits per heavy atom. The zero-order valence-electron chi connectivity index (χ0n) is 22.4. The lowest BCUT2D eigenvalue weighted by atomic mass is 10.1. The van der Waals surface area contributed by atoms with Crippen molar-refractivity contribution in [1.82, 2.24) is 34.8 Å². The number of morpholine rings is 1. The number of aliphatic hydroxyl groups excluding tert-OH is 2. The molecule has 0 aromatic carbocycles. The summed E-state index contributed by atoms with van der Waals surface area (Å²) in [5.74, 6) is 1.72. The molecule has 0 radical (unpaired) electrons. The molecule has 0 saturated carbocycles. The van der Waals surface area contributed by atoms with E-state index < -0.39 is 0 Å². The van der Waals surface area contributed by atoms with Crippen LogP contribution >= 0.6 is 11.6 Å². The lowest BCUT2D eigenvalue weighted by molar-refractivity contribution is 0.0341. The molecule has 0 spiro atoms. The van der Waals surface area contributed by atoms with Crippen LogP contribution in [0, 0.1) is 6.92 Å². The Morgan fingerprint density at radius 3 is 2.42 bits per heavy atom. The summed E-state index contributed by atoms with van der Waals surface area (Å²) in [4.78, 5) is 24.2. The molecule has 4 heterocycles. The number of aromatic nitrogens is 5. The molecule has 1 saturated heterocycles. The minimum Gasteiger partial charge on any atom is -0.400 e. The van der Waals surface area contributed by atoms with Gasteiger partial charge in [-0.1, -0.05) is 11.6 Å². The topological polar surface area (TPSA) is 171 Å². The van der Waals surface area contributed by atoms with E-state index in [9.17, 15) is 0 Å². The molecule has 1 aliphatic rings. The number of anilines is 4. The zero-order chi connectivity index (χ0) is 28.1. The van der Waals surface area contributed by atoms with Gasteiger partial charge in [0.1, 0.15) is 11.6 Å². The minimum atomic E-state index is 0.160. The van der Waals surface area contributed by atoms with Crippen LogP contribution in [0.1, 0.15) is 18.3 Å². The molecule has 1 aliphatic heterocycles. The van der Waals surface area contributed by atoms with Gasteiger partial charge in [0.15, 0.2) is 11.0 Å². The molecule has 13 nitrogen and oxygen atoms in total. The second-order valence-corrected chi connectivity index (χ2v) is 8.56. The van der Waals surface area contributed by atoms with E-state index in [2.05, 4.69) is 40.6 Å². The lowest BCUT2D eigenvalue weighted by Gasteiger charge is -2.26. The summed E-state index contributed by atoms with van der Waals surface area (Å²) in [5.41, 5.74) is 12.2. The Hall–Kier alpha value is -3.20. The molecule has 3 aromatic heterocycles. The molecule has 6 N–H and O–H groups in total. The Morgan fingerprint density at radius 1 is 1.11 bits per heavy atom. The molecule has 0 unspecified atom stereocenters. The van der Waals surface area contributed by atoms with Crippen molar-refractivity contribution in [3.63, 3.8) is 0 Å². The number of nitrogens with zero attached hydrogens (tertiary/aromatic N) is 7. The van der Waals surface area contributed by atoms with E-state index in [1.807, 2.05) is 32.4 Å². The highest BCUT2D eigenvalue weighted by Gasteiger charge is 2.17. The van der Waals surface area contributed by atoms with E-state index in [0.29, 0.717) is 34.0 Å². The third kappa shape index (κ3) is 9.59. The summed E-state index contributed by atoms with van der Waals surface area (Å²) in [6, 6.07) is 3.89. The van der Waals surface area contributed by atoms with E-state index in [0.717, 1.165) is 51.1 Å². The first-order valence-electron chi connectivity index (χ1n) is 12.0. The summed E-state index contributed by atoms with van der Waals surface area (Å²) in [7, 11) is 4.74. The Balaban J connectivity index is 0.000000947. The van der Waals surface area contributed by atoms with E-state index in [1.165, 1.54) is 0 Å². The van der Waals surface area contributed by atoms with E-state index in [-0.39, 0.29) is 12.6 Å². The first-order valence-corrected chi connectivity index (χ1v) is 12.4. The first kappa shape index (κ1) is 31.0. The summed E-state index contributed by atoms with van der Waals surface area (Å²) in [6.45, 7) is 7.69. The van der Waals surface area contributed by atoms with Gasteiger partial charge in [0, 0.05) is 53.6 Å². The number of hydrogen-bond donors (Lipinski definition) is 5. The number of aryl methyl sites for hydroxylation is 1. The summed E-state index contributed by atoms with van der Waals surface area (Å²) in [5, 5.41) is 20.0. The van der Waals surface area contributed by atoms with Crippen molar-refractivity contribution in [3.05, 3.63) is 41.1 Å². The molecule has 0 bridgehead atoms. The highest BCUT2D eigenvalue weighted by molar-refractivity contribution is 6.32. The van der Waals surface area contributed by atoms with Gasteiger partial charge in [-0.15, -0.1) is 0 Å². The number of rotatable bonds is 7. The van der Waals surface area contributed by atoms with Crippen LogP contribution in [0.25, 0.3) is 11.4 Å². The number of nitrogens with two attached hydrogens (primary N) is 1. The monoisotopic (exact) mass is 548 g/mol. The zero-order valence-corrected chi connectivity index (χ0v) is 23.2. The van der Waals surface area contributed by atoms with Crippen LogP contribution in [0.2, 0.25) is 5.15 Å². The molecular formula is C24H37ClN10O3. The van der Waals surface area contributed by atoms with Crippen molar-refractivity contribution >= 4 is 34.7 Å². The smallest absolute Gasteiger partial charge is 0.223 e. The Kier molecular flexibility index (Phi) is 13.0. The fourth-order valence-corrected chi connectivity index (χ4v) is 3.62. The molecule has 3 aromatic rings. The van der Waals surface area contributed by atoms with Gasteiger partial charge >= 0.3 is 0 Å². The number of pyridine rings is 2. The van der Waals surface area contributed by atoms with Crippen LogP contribution in [-0.4, -0.2) is 99.2 Å². The molecule has 0 atom stereocenters. The molecule has 0 aliphatic carbocycles. The largest absolute Gasteiger partial charge is 0.400 e. The molecule has 14 heteroatoms. The van der Waals surface area contributed by atoms with Crippen molar-refractivity contribution in [2.24, 2.45) is 0 Å². The van der Waals surface area contributed by atoms with Gasteiger partial charge in [-0.3, -0.25) is 4.90 Å². The van der Waals surface area contributed by atoms with Crippen LogP contribution in [0.3, 0.4) is 0 Å². The predicted octanol–water partition coefficient (Wildman–Crippen LogP) is 1.94. The van der Waals surface area contributed by atoms with E-state index in [1.54, 1.807) is 25.1 Å². The maximum Gasteiger partial charge on any atom is 0.223 e. The van der Waals surface area contributed by atoms with Gasteiger partial charge in [0.05, 0.1) is 36.3 Å². The number of nitrogens with one attached hydrogen (secondary N) is 2. The second kappa shape index (κ2) is 15.9. The van der Waals surface area contributed by atoms with Crippen LogP contribution in [-0.2, 0) is 11.3 Å². The highest BCUT2D eigenvalue weighted by atomic mass is 35.5. The lowest BCUT2D eigenvalue weighted by Crippen LogP contribution is -2.35. The van der Waals surface area contributed by atoms with Gasteiger partial charge in [0.2, 0.25) is 5.95 Å². The number of hydrogen-bond acceptors (Lipinski definition) is 13. The third-order valence-electron chi connectivity index (χ3n) is 4.91. The Labute approximate surface area is 228 Å². The van der Waals surface area contributed by atoms with Crippen molar-refractivity contribution in [3.8, 4) is 11.4 Å². The second-order valence-electron chi connectivity index (χ2n) is 8.20. The summed E-state index contributed by atoms with van der Waals surface area (Å²) >= 11 is 6.22. The molecule has 0 amide bonds.